The summed E-state index contributed by atoms with van der Waals surface area (Å²) in [7, 11) is 0. The van der Waals surface area contributed by atoms with E-state index in [4.69, 9.17) is 11.6 Å². The van der Waals surface area contributed by atoms with Gasteiger partial charge < -0.3 is 15.1 Å². The van der Waals surface area contributed by atoms with Crippen LogP contribution in [0, 0.1) is 0 Å². The Labute approximate surface area is 171 Å². The molecule has 0 aromatic heterocycles. The Balaban J connectivity index is 1.86. The molecular formula is C20H30ClN3O2S. The number of hydrogen-bond acceptors (Lipinski definition) is 4. The second kappa shape index (κ2) is 11.4. The van der Waals surface area contributed by atoms with Gasteiger partial charge in [-0.25, -0.2) is 0 Å². The van der Waals surface area contributed by atoms with Crippen LogP contribution in [0.4, 0.5) is 11.4 Å². The number of carbonyl (C=O) groups excluding carboxylic acids is 2. The molecule has 1 N–H and O–H groups in total. The minimum Gasteiger partial charge on any atom is -0.369 e. The van der Waals surface area contributed by atoms with E-state index in [1.165, 1.54) is 0 Å². The monoisotopic (exact) mass is 411 g/mol. The molecule has 2 rings (SSSR count). The number of nitrogens with one attached hydrogen (secondary N) is 1. The highest BCUT2D eigenvalue weighted by Crippen LogP contribution is 2.30. The summed E-state index contributed by atoms with van der Waals surface area (Å²) in [5.74, 6) is 2.10. The highest BCUT2D eigenvalue weighted by atomic mass is 35.5. The Bertz CT molecular complexity index is 630. The van der Waals surface area contributed by atoms with Crippen molar-refractivity contribution in [3.05, 3.63) is 23.2 Å². The van der Waals surface area contributed by atoms with Gasteiger partial charge in [0.05, 0.1) is 10.7 Å². The zero-order valence-electron chi connectivity index (χ0n) is 16.3. The highest BCUT2D eigenvalue weighted by molar-refractivity contribution is 7.99. The van der Waals surface area contributed by atoms with Gasteiger partial charge in [0.2, 0.25) is 11.8 Å². The summed E-state index contributed by atoms with van der Waals surface area (Å²) in [6, 6.07) is 5.63. The van der Waals surface area contributed by atoms with E-state index in [1.807, 2.05) is 28.8 Å². The number of nitrogens with zero attached hydrogens (tertiary/aromatic N) is 2. The fraction of sp³-hybridized carbons (Fsp3) is 0.600. The molecule has 1 saturated heterocycles. The van der Waals surface area contributed by atoms with Gasteiger partial charge >= 0.3 is 0 Å². The molecule has 5 nitrogen and oxygen atoms in total. The summed E-state index contributed by atoms with van der Waals surface area (Å²) in [6.45, 7) is 7.59. The van der Waals surface area contributed by atoms with Crippen LogP contribution in [0.2, 0.25) is 5.02 Å². The molecule has 2 amide bonds. The molecule has 1 aliphatic rings. The number of benzene rings is 1. The van der Waals surface area contributed by atoms with E-state index in [-0.39, 0.29) is 24.7 Å². The van der Waals surface area contributed by atoms with Gasteiger partial charge in [0.15, 0.2) is 0 Å². The first-order valence-corrected chi connectivity index (χ1v) is 11.3. The molecule has 0 saturated carbocycles. The number of halogens is 1. The molecule has 1 heterocycles. The number of rotatable bonds is 9. The molecule has 0 unspecified atom stereocenters. The molecule has 0 radical (unpaired) electrons. The third-order valence-corrected chi connectivity index (χ3v) is 5.73. The molecule has 7 heteroatoms. The maximum Gasteiger partial charge on any atom is 0.224 e. The van der Waals surface area contributed by atoms with Gasteiger partial charge in [0.25, 0.3) is 0 Å². The standard InChI is InChI=1S/C20H30ClN3O2S/c1-3-9-24(10-4-2)20(26)8-7-19(25)22-16-5-6-18(17(21)15-16)23-11-13-27-14-12-23/h5-6,15H,3-4,7-14H2,1-2H3,(H,22,25). The van der Waals surface area contributed by atoms with Gasteiger partial charge in [-0.2, -0.15) is 11.8 Å². The molecule has 1 aromatic carbocycles. The second-order valence-corrected chi connectivity index (χ2v) is 8.33. The van der Waals surface area contributed by atoms with Crippen LogP contribution in [0.5, 0.6) is 0 Å². The van der Waals surface area contributed by atoms with Crippen LogP contribution in [-0.4, -0.2) is 54.4 Å². The quantitative estimate of drug-likeness (QED) is 0.659. The molecule has 0 bridgehead atoms. The number of amides is 2. The van der Waals surface area contributed by atoms with Crippen LogP contribution in [0.25, 0.3) is 0 Å². The third-order valence-electron chi connectivity index (χ3n) is 4.49. The molecule has 0 atom stereocenters. The van der Waals surface area contributed by atoms with Crippen LogP contribution in [-0.2, 0) is 9.59 Å². The molecule has 27 heavy (non-hydrogen) atoms. The lowest BCUT2D eigenvalue weighted by Crippen LogP contribution is -2.33. The van der Waals surface area contributed by atoms with E-state index in [0.717, 1.165) is 56.2 Å². The van der Waals surface area contributed by atoms with E-state index in [2.05, 4.69) is 24.1 Å². The first kappa shape index (κ1) is 21.9. The molecule has 150 valence electrons. The maximum atomic E-state index is 12.3. The van der Waals surface area contributed by atoms with Crippen molar-refractivity contribution in [2.45, 2.75) is 39.5 Å². The minimum absolute atomic E-state index is 0.0465. The highest BCUT2D eigenvalue weighted by Gasteiger charge is 2.16. The molecule has 1 aromatic rings. The van der Waals surface area contributed by atoms with Crippen LogP contribution in [0.1, 0.15) is 39.5 Å². The largest absolute Gasteiger partial charge is 0.369 e. The van der Waals surface area contributed by atoms with Crippen molar-refractivity contribution in [3.63, 3.8) is 0 Å². The average molecular weight is 412 g/mol. The lowest BCUT2D eigenvalue weighted by atomic mass is 10.2. The summed E-state index contributed by atoms with van der Waals surface area (Å²) in [4.78, 5) is 28.6. The van der Waals surface area contributed by atoms with Gasteiger partial charge in [0, 0.05) is 56.2 Å². The van der Waals surface area contributed by atoms with E-state index in [1.54, 1.807) is 6.07 Å². The zero-order chi connectivity index (χ0) is 19.6. The van der Waals surface area contributed by atoms with Crippen LogP contribution in [0.3, 0.4) is 0 Å². The first-order chi connectivity index (χ1) is 13.0. The smallest absolute Gasteiger partial charge is 0.224 e. The van der Waals surface area contributed by atoms with Gasteiger partial charge in [-0.3, -0.25) is 9.59 Å². The third kappa shape index (κ3) is 6.92. The lowest BCUT2D eigenvalue weighted by molar-refractivity contribution is -0.132. The van der Waals surface area contributed by atoms with E-state index < -0.39 is 0 Å². The Morgan fingerprint density at radius 3 is 2.41 bits per heavy atom. The van der Waals surface area contributed by atoms with E-state index >= 15 is 0 Å². The van der Waals surface area contributed by atoms with E-state index in [0.29, 0.717) is 10.7 Å². The number of carbonyl (C=O) groups is 2. The SMILES string of the molecule is CCCN(CCC)C(=O)CCC(=O)Nc1ccc(N2CCSCC2)c(Cl)c1. The van der Waals surface area contributed by atoms with Crippen molar-refractivity contribution in [1.82, 2.24) is 4.90 Å². The van der Waals surface area contributed by atoms with Crippen molar-refractivity contribution >= 4 is 46.6 Å². The minimum atomic E-state index is -0.158. The van der Waals surface area contributed by atoms with Gasteiger partial charge in [-0.15, -0.1) is 0 Å². The Morgan fingerprint density at radius 1 is 1.15 bits per heavy atom. The van der Waals surface area contributed by atoms with Crippen molar-refractivity contribution in [3.8, 4) is 0 Å². The summed E-state index contributed by atoms with van der Waals surface area (Å²) >= 11 is 8.38. The van der Waals surface area contributed by atoms with Crippen LogP contribution < -0.4 is 10.2 Å². The first-order valence-electron chi connectivity index (χ1n) is 9.75. The molecular weight excluding hydrogens is 382 g/mol. The zero-order valence-corrected chi connectivity index (χ0v) is 17.9. The Morgan fingerprint density at radius 2 is 1.81 bits per heavy atom. The van der Waals surface area contributed by atoms with Crippen LogP contribution in [0.15, 0.2) is 18.2 Å². The molecule has 0 aliphatic carbocycles. The molecule has 0 spiro atoms. The predicted molar refractivity (Wildman–Crippen MR) is 116 cm³/mol. The predicted octanol–water partition coefficient (Wildman–Crippen LogP) is 4.26. The van der Waals surface area contributed by atoms with Crippen molar-refractivity contribution in [1.29, 1.82) is 0 Å². The number of anilines is 2. The van der Waals surface area contributed by atoms with Gasteiger partial charge in [-0.1, -0.05) is 25.4 Å². The normalized spacial score (nSPS) is 14.1. The summed E-state index contributed by atoms with van der Waals surface area (Å²) in [5.41, 5.74) is 1.69. The van der Waals surface area contributed by atoms with Crippen LogP contribution >= 0.6 is 23.4 Å². The Hall–Kier alpha value is -1.40. The maximum absolute atomic E-state index is 12.3. The lowest BCUT2D eigenvalue weighted by Gasteiger charge is -2.29. The fourth-order valence-corrected chi connectivity index (χ4v) is 4.35. The van der Waals surface area contributed by atoms with E-state index in [9.17, 15) is 9.59 Å². The number of hydrogen-bond donors (Lipinski definition) is 1. The van der Waals surface area contributed by atoms with Gasteiger partial charge in [0.1, 0.15) is 0 Å². The summed E-state index contributed by atoms with van der Waals surface area (Å²) in [5, 5.41) is 3.50. The van der Waals surface area contributed by atoms with Crippen molar-refractivity contribution < 1.29 is 9.59 Å². The fourth-order valence-electron chi connectivity index (χ4n) is 3.15. The summed E-state index contributed by atoms with van der Waals surface area (Å²) < 4.78 is 0. The topological polar surface area (TPSA) is 52.7 Å². The molecule has 1 fully saturated rings. The Kier molecular flexibility index (Phi) is 9.28. The van der Waals surface area contributed by atoms with Crippen molar-refractivity contribution in [2.75, 3.05) is 47.9 Å². The molecule has 1 aliphatic heterocycles. The average Bonchev–Trinajstić information content (AvgIpc) is 2.67. The summed E-state index contributed by atoms with van der Waals surface area (Å²) in [6.07, 6.45) is 2.28. The van der Waals surface area contributed by atoms with Gasteiger partial charge in [-0.05, 0) is 31.0 Å². The second-order valence-electron chi connectivity index (χ2n) is 6.69. The van der Waals surface area contributed by atoms with Crippen molar-refractivity contribution in [2.24, 2.45) is 0 Å². The number of thioether (sulfide) groups is 1.